The van der Waals surface area contributed by atoms with E-state index in [-0.39, 0.29) is 11.8 Å². The number of pyridine rings is 1. The van der Waals surface area contributed by atoms with E-state index in [0.717, 1.165) is 69.3 Å². The topological polar surface area (TPSA) is 113 Å². The second-order valence-corrected chi connectivity index (χ2v) is 7.39. The van der Waals surface area contributed by atoms with Gasteiger partial charge in [-0.25, -0.2) is 9.98 Å². The summed E-state index contributed by atoms with van der Waals surface area (Å²) in [6.45, 7) is 6.64. The van der Waals surface area contributed by atoms with E-state index in [1.165, 1.54) is 0 Å². The first-order chi connectivity index (χ1) is 14.7. The molecule has 0 aliphatic carbocycles. The van der Waals surface area contributed by atoms with Crippen LogP contribution >= 0.6 is 0 Å². The number of amides is 1. The van der Waals surface area contributed by atoms with Crippen LogP contribution in [0, 0.1) is 5.92 Å². The van der Waals surface area contributed by atoms with Crippen LogP contribution in [0.15, 0.2) is 41.8 Å². The van der Waals surface area contributed by atoms with Gasteiger partial charge in [0.1, 0.15) is 5.82 Å². The number of aliphatic imine (C=N–C) groups is 1. The standard InChI is InChI=1S/C21H32N8O/c1-2-23-21(25-10-4-12-29-13-5-11-27-29)26-16-18-6-3-9-24-20(18)28-14-7-17(8-15-28)19(22)30/h3,5-6,9,11,13,17H,2,4,7-8,10,12,14-16H2,1H3,(H2,22,30)(H2,23,25,26). The third-order valence-electron chi connectivity index (χ3n) is 5.23. The normalized spacial score (nSPS) is 15.2. The number of carbonyl (C=O) groups excluding carboxylic acids is 1. The predicted octanol–water partition coefficient (Wildman–Crippen LogP) is 1.13. The Morgan fingerprint density at radius 1 is 1.27 bits per heavy atom. The highest BCUT2D eigenvalue weighted by atomic mass is 16.1. The molecule has 0 bridgehead atoms. The number of aryl methyl sites for hydroxylation is 1. The van der Waals surface area contributed by atoms with E-state index < -0.39 is 0 Å². The molecule has 1 amide bonds. The lowest BCUT2D eigenvalue weighted by molar-refractivity contribution is -0.122. The lowest BCUT2D eigenvalue weighted by Crippen LogP contribution is -2.39. The third-order valence-corrected chi connectivity index (χ3v) is 5.23. The van der Waals surface area contributed by atoms with Crippen LogP contribution in [0.1, 0.15) is 31.7 Å². The van der Waals surface area contributed by atoms with Crippen LogP contribution in [0.3, 0.4) is 0 Å². The number of aromatic nitrogens is 3. The molecule has 2 aromatic heterocycles. The molecule has 0 spiro atoms. The van der Waals surface area contributed by atoms with Gasteiger partial charge < -0.3 is 21.3 Å². The molecule has 0 aromatic carbocycles. The number of nitrogens with one attached hydrogen (secondary N) is 2. The lowest BCUT2D eigenvalue weighted by Gasteiger charge is -2.32. The molecule has 1 fully saturated rings. The maximum absolute atomic E-state index is 11.4. The van der Waals surface area contributed by atoms with Crippen molar-refractivity contribution in [1.82, 2.24) is 25.4 Å². The van der Waals surface area contributed by atoms with Crippen molar-refractivity contribution in [1.29, 1.82) is 0 Å². The van der Waals surface area contributed by atoms with Crippen LogP contribution in [-0.2, 0) is 17.9 Å². The van der Waals surface area contributed by atoms with Gasteiger partial charge in [-0.05, 0) is 38.3 Å². The van der Waals surface area contributed by atoms with Gasteiger partial charge in [-0.1, -0.05) is 6.07 Å². The summed E-state index contributed by atoms with van der Waals surface area (Å²) in [5, 5.41) is 10.9. The van der Waals surface area contributed by atoms with Crippen molar-refractivity contribution in [3.8, 4) is 0 Å². The Morgan fingerprint density at radius 2 is 2.10 bits per heavy atom. The maximum atomic E-state index is 11.4. The Bertz CT molecular complexity index is 812. The van der Waals surface area contributed by atoms with Crippen molar-refractivity contribution in [3.63, 3.8) is 0 Å². The third kappa shape index (κ3) is 6.20. The van der Waals surface area contributed by atoms with Crippen LogP contribution in [0.2, 0.25) is 0 Å². The van der Waals surface area contributed by atoms with Gasteiger partial charge in [-0.3, -0.25) is 9.48 Å². The molecule has 0 atom stereocenters. The molecule has 0 saturated carbocycles. The minimum atomic E-state index is -0.200. The molecule has 0 unspecified atom stereocenters. The molecule has 30 heavy (non-hydrogen) atoms. The van der Waals surface area contributed by atoms with Gasteiger partial charge in [0, 0.05) is 62.8 Å². The van der Waals surface area contributed by atoms with Gasteiger partial charge in [-0.15, -0.1) is 0 Å². The summed E-state index contributed by atoms with van der Waals surface area (Å²) in [7, 11) is 0. The van der Waals surface area contributed by atoms with E-state index in [2.05, 4.69) is 38.6 Å². The Labute approximate surface area is 177 Å². The smallest absolute Gasteiger partial charge is 0.220 e. The van der Waals surface area contributed by atoms with Crippen molar-refractivity contribution < 1.29 is 4.79 Å². The molecule has 1 aliphatic heterocycles. The summed E-state index contributed by atoms with van der Waals surface area (Å²) in [6, 6.07) is 5.93. The zero-order chi connectivity index (χ0) is 21.2. The highest BCUT2D eigenvalue weighted by Gasteiger charge is 2.24. The van der Waals surface area contributed by atoms with Gasteiger partial charge in [0.25, 0.3) is 0 Å². The summed E-state index contributed by atoms with van der Waals surface area (Å²) in [5.41, 5.74) is 6.53. The summed E-state index contributed by atoms with van der Waals surface area (Å²) >= 11 is 0. The number of nitrogens with two attached hydrogens (primary N) is 1. The molecule has 2 aromatic rings. The number of guanidine groups is 1. The van der Waals surface area contributed by atoms with Crippen LogP contribution in [0.5, 0.6) is 0 Å². The van der Waals surface area contributed by atoms with Crippen LogP contribution in [-0.4, -0.2) is 52.8 Å². The fraction of sp³-hybridized carbons (Fsp3) is 0.524. The van der Waals surface area contributed by atoms with E-state index in [1.807, 2.05) is 29.2 Å². The molecule has 1 aliphatic rings. The SMILES string of the molecule is CCNC(=NCc1cccnc1N1CCC(C(N)=O)CC1)NCCCn1cccn1. The van der Waals surface area contributed by atoms with Gasteiger partial charge >= 0.3 is 0 Å². The fourth-order valence-corrected chi connectivity index (χ4v) is 3.60. The lowest BCUT2D eigenvalue weighted by atomic mass is 9.96. The molecular weight excluding hydrogens is 380 g/mol. The van der Waals surface area contributed by atoms with Crippen molar-refractivity contribution >= 4 is 17.7 Å². The molecule has 0 radical (unpaired) electrons. The molecule has 1 saturated heterocycles. The van der Waals surface area contributed by atoms with Gasteiger partial charge in [0.05, 0.1) is 6.54 Å². The molecule has 9 heteroatoms. The zero-order valence-corrected chi connectivity index (χ0v) is 17.6. The van der Waals surface area contributed by atoms with Crippen molar-refractivity contribution in [2.24, 2.45) is 16.6 Å². The van der Waals surface area contributed by atoms with Crippen LogP contribution < -0.4 is 21.3 Å². The quantitative estimate of drug-likeness (QED) is 0.323. The van der Waals surface area contributed by atoms with E-state index in [9.17, 15) is 4.79 Å². The molecule has 9 nitrogen and oxygen atoms in total. The summed E-state index contributed by atoms with van der Waals surface area (Å²) in [6.07, 6.45) is 8.07. The second kappa shape index (κ2) is 11.2. The Kier molecular flexibility index (Phi) is 8.05. The first-order valence-corrected chi connectivity index (χ1v) is 10.6. The van der Waals surface area contributed by atoms with Crippen molar-refractivity contribution in [2.75, 3.05) is 31.1 Å². The van der Waals surface area contributed by atoms with Crippen LogP contribution in [0.25, 0.3) is 0 Å². The number of rotatable bonds is 9. The van der Waals surface area contributed by atoms with E-state index in [0.29, 0.717) is 6.54 Å². The molecule has 3 heterocycles. The summed E-state index contributed by atoms with van der Waals surface area (Å²) in [4.78, 5) is 23.0. The number of anilines is 1. The highest BCUT2D eigenvalue weighted by Crippen LogP contribution is 2.24. The van der Waals surface area contributed by atoms with Crippen molar-refractivity contribution in [2.45, 2.75) is 39.3 Å². The monoisotopic (exact) mass is 412 g/mol. The van der Waals surface area contributed by atoms with Crippen LogP contribution in [0.4, 0.5) is 5.82 Å². The Hall–Kier alpha value is -3.10. The number of piperidine rings is 1. The summed E-state index contributed by atoms with van der Waals surface area (Å²) in [5.74, 6) is 1.51. The molecule has 162 valence electrons. The molecule has 3 rings (SSSR count). The van der Waals surface area contributed by atoms with E-state index in [1.54, 1.807) is 6.20 Å². The Balaban J connectivity index is 1.56. The average Bonchev–Trinajstić information content (AvgIpc) is 3.29. The largest absolute Gasteiger partial charge is 0.369 e. The Morgan fingerprint density at radius 3 is 2.80 bits per heavy atom. The van der Waals surface area contributed by atoms with Gasteiger partial charge in [0.15, 0.2) is 5.96 Å². The fourth-order valence-electron chi connectivity index (χ4n) is 3.60. The first kappa shape index (κ1) is 21.6. The summed E-state index contributed by atoms with van der Waals surface area (Å²) < 4.78 is 1.93. The van der Waals surface area contributed by atoms with Gasteiger partial charge in [-0.2, -0.15) is 5.10 Å². The number of hydrogen-bond acceptors (Lipinski definition) is 5. The average molecular weight is 413 g/mol. The number of nitrogens with zero attached hydrogens (tertiary/aromatic N) is 5. The minimum Gasteiger partial charge on any atom is -0.369 e. The second-order valence-electron chi connectivity index (χ2n) is 7.39. The van der Waals surface area contributed by atoms with Crippen molar-refractivity contribution in [3.05, 3.63) is 42.4 Å². The highest BCUT2D eigenvalue weighted by molar-refractivity contribution is 5.79. The zero-order valence-electron chi connectivity index (χ0n) is 17.6. The number of carbonyl (C=O) groups is 1. The molecular formula is C21H32N8O. The maximum Gasteiger partial charge on any atom is 0.220 e. The minimum absolute atomic E-state index is 0.0299. The molecule has 4 N–H and O–H groups in total. The van der Waals surface area contributed by atoms with E-state index >= 15 is 0 Å². The van der Waals surface area contributed by atoms with E-state index in [4.69, 9.17) is 10.7 Å². The first-order valence-electron chi connectivity index (χ1n) is 10.6. The number of primary amides is 1. The number of hydrogen-bond donors (Lipinski definition) is 3. The predicted molar refractivity (Wildman–Crippen MR) is 118 cm³/mol. The van der Waals surface area contributed by atoms with Gasteiger partial charge in [0.2, 0.25) is 5.91 Å².